The molecule has 92 valence electrons. The number of hydrogen-bond donors (Lipinski definition) is 1. The van der Waals surface area contributed by atoms with E-state index in [-0.39, 0.29) is 5.91 Å². The molecule has 0 radical (unpaired) electrons. The van der Waals surface area contributed by atoms with Gasteiger partial charge in [0.05, 0.1) is 0 Å². The number of nitrogens with zero attached hydrogens (tertiary/aromatic N) is 1. The minimum Gasteiger partial charge on any atom is -0.335 e. The maximum atomic E-state index is 11.8. The minimum atomic E-state index is 0.0793. The van der Waals surface area contributed by atoms with E-state index in [2.05, 4.69) is 19.6 Å². The van der Waals surface area contributed by atoms with Gasteiger partial charge in [0.2, 0.25) is 5.91 Å². The van der Waals surface area contributed by atoms with E-state index in [9.17, 15) is 4.79 Å². The van der Waals surface area contributed by atoms with Crippen molar-refractivity contribution in [3.8, 4) is 0 Å². The molecule has 0 heterocycles. The molecular weight excluding hydrogens is 212 g/mol. The van der Waals surface area contributed by atoms with E-state index in [4.69, 9.17) is 5.73 Å². The number of nitrogens with two attached hydrogens (primary N) is 1. The van der Waals surface area contributed by atoms with E-state index in [0.29, 0.717) is 26.1 Å². The van der Waals surface area contributed by atoms with Crippen molar-refractivity contribution in [2.24, 2.45) is 5.73 Å². The molecule has 1 aromatic rings. The van der Waals surface area contributed by atoms with Crippen molar-refractivity contribution in [2.75, 3.05) is 13.1 Å². The predicted molar refractivity (Wildman–Crippen MR) is 70.5 cm³/mol. The largest absolute Gasteiger partial charge is 0.335 e. The Labute approximate surface area is 103 Å². The molecule has 0 unspecified atom stereocenters. The molecule has 0 spiro atoms. The molecule has 1 amide bonds. The van der Waals surface area contributed by atoms with Crippen molar-refractivity contribution < 1.29 is 4.79 Å². The molecule has 2 N–H and O–H groups in total. The van der Waals surface area contributed by atoms with Crippen LogP contribution in [0.5, 0.6) is 0 Å². The normalized spacial score (nSPS) is 10.0. The second kappa shape index (κ2) is 6.86. The van der Waals surface area contributed by atoms with Gasteiger partial charge < -0.3 is 10.6 Å². The zero-order valence-corrected chi connectivity index (χ0v) is 10.4. The fourth-order valence-corrected chi connectivity index (χ4v) is 1.69. The number of rotatable bonds is 6. The summed E-state index contributed by atoms with van der Waals surface area (Å²) in [4.78, 5) is 13.6. The van der Waals surface area contributed by atoms with Gasteiger partial charge >= 0.3 is 0 Å². The molecule has 0 saturated carbocycles. The third-order valence-electron chi connectivity index (χ3n) is 2.68. The van der Waals surface area contributed by atoms with Crippen LogP contribution in [0.15, 0.2) is 36.9 Å². The van der Waals surface area contributed by atoms with Crippen molar-refractivity contribution in [1.29, 1.82) is 0 Å². The summed E-state index contributed by atoms with van der Waals surface area (Å²) in [7, 11) is 0. The maximum Gasteiger partial charge on any atom is 0.224 e. The lowest BCUT2D eigenvalue weighted by molar-refractivity contribution is -0.131. The predicted octanol–water partition coefficient (Wildman–Crippen LogP) is 1.86. The Morgan fingerprint density at radius 2 is 2.18 bits per heavy atom. The highest BCUT2D eigenvalue weighted by Crippen LogP contribution is 2.11. The van der Waals surface area contributed by atoms with Crippen LogP contribution in [0.4, 0.5) is 0 Å². The van der Waals surface area contributed by atoms with Crippen LogP contribution in [-0.4, -0.2) is 23.9 Å². The number of carbonyl (C=O) groups excluding carboxylic acids is 1. The van der Waals surface area contributed by atoms with E-state index in [1.165, 1.54) is 11.1 Å². The van der Waals surface area contributed by atoms with E-state index in [0.717, 1.165) is 0 Å². The average Bonchev–Trinajstić information content (AvgIpc) is 2.31. The van der Waals surface area contributed by atoms with Crippen LogP contribution in [-0.2, 0) is 11.3 Å². The molecule has 1 rings (SSSR count). The first kappa shape index (κ1) is 13.5. The minimum absolute atomic E-state index is 0.0793. The standard InChI is InChI=1S/C14H20N2O/c1-3-10-16(14(17)8-9-15)11-13-7-5-4-6-12(13)2/h3-7H,1,8-11,15H2,2H3. The van der Waals surface area contributed by atoms with Crippen LogP contribution in [0.1, 0.15) is 17.5 Å². The number of aryl methyl sites for hydroxylation is 1. The van der Waals surface area contributed by atoms with Gasteiger partial charge in [-0.05, 0) is 18.1 Å². The van der Waals surface area contributed by atoms with Gasteiger partial charge in [0.25, 0.3) is 0 Å². The van der Waals surface area contributed by atoms with Crippen LogP contribution >= 0.6 is 0 Å². The molecule has 17 heavy (non-hydrogen) atoms. The number of hydrogen-bond acceptors (Lipinski definition) is 2. The van der Waals surface area contributed by atoms with Crippen molar-refractivity contribution in [3.05, 3.63) is 48.0 Å². The third-order valence-corrected chi connectivity index (χ3v) is 2.68. The Morgan fingerprint density at radius 3 is 2.76 bits per heavy atom. The zero-order chi connectivity index (χ0) is 12.7. The number of carbonyl (C=O) groups is 1. The second-order valence-electron chi connectivity index (χ2n) is 4.03. The average molecular weight is 232 g/mol. The molecule has 0 fully saturated rings. The summed E-state index contributed by atoms with van der Waals surface area (Å²) in [6, 6.07) is 8.08. The van der Waals surface area contributed by atoms with Gasteiger partial charge in [-0.25, -0.2) is 0 Å². The molecule has 1 aromatic carbocycles. The maximum absolute atomic E-state index is 11.8. The summed E-state index contributed by atoms with van der Waals surface area (Å²) in [6.45, 7) is 7.31. The molecule has 0 bridgehead atoms. The molecule has 0 aromatic heterocycles. The number of amides is 1. The molecule has 3 heteroatoms. The smallest absolute Gasteiger partial charge is 0.224 e. The Balaban J connectivity index is 2.76. The van der Waals surface area contributed by atoms with Crippen molar-refractivity contribution in [1.82, 2.24) is 4.90 Å². The van der Waals surface area contributed by atoms with Gasteiger partial charge in [0.1, 0.15) is 0 Å². The van der Waals surface area contributed by atoms with Crippen LogP contribution < -0.4 is 5.73 Å². The zero-order valence-electron chi connectivity index (χ0n) is 10.4. The van der Waals surface area contributed by atoms with Crippen LogP contribution in [0.25, 0.3) is 0 Å². The van der Waals surface area contributed by atoms with Crippen molar-refractivity contribution >= 4 is 5.91 Å². The molecule has 0 aliphatic heterocycles. The third kappa shape index (κ3) is 4.04. The first-order valence-electron chi connectivity index (χ1n) is 5.82. The lowest BCUT2D eigenvalue weighted by atomic mass is 10.1. The molecular formula is C14H20N2O. The molecule has 0 atom stereocenters. The van der Waals surface area contributed by atoms with Gasteiger partial charge in [-0.15, -0.1) is 6.58 Å². The second-order valence-corrected chi connectivity index (χ2v) is 4.03. The van der Waals surface area contributed by atoms with Gasteiger partial charge in [-0.2, -0.15) is 0 Å². The fraction of sp³-hybridized carbons (Fsp3) is 0.357. The van der Waals surface area contributed by atoms with Gasteiger partial charge in [-0.1, -0.05) is 30.3 Å². The highest BCUT2D eigenvalue weighted by molar-refractivity contribution is 5.76. The van der Waals surface area contributed by atoms with Crippen LogP contribution in [0, 0.1) is 6.92 Å². The van der Waals surface area contributed by atoms with Gasteiger partial charge in [-0.3, -0.25) is 4.79 Å². The summed E-state index contributed by atoms with van der Waals surface area (Å²) in [5.74, 6) is 0.0793. The summed E-state index contributed by atoms with van der Waals surface area (Å²) in [6.07, 6.45) is 2.13. The summed E-state index contributed by atoms with van der Waals surface area (Å²) in [5.41, 5.74) is 7.78. The SMILES string of the molecule is C=CCN(Cc1ccccc1C)C(=O)CCN. The summed E-state index contributed by atoms with van der Waals surface area (Å²) in [5, 5.41) is 0. The molecule has 0 saturated heterocycles. The van der Waals surface area contributed by atoms with Gasteiger partial charge in [0.15, 0.2) is 0 Å². The van der Waals surface area contributed by atoms with Crippen molar-refractivity contribution in [2.45, 2.75) is 19.9 Å². The highest BCUT2D eigenvalue weighted by atomic mass is 16.2. The van der Waals surface area contributed by atoms with E-state index in [1.807, 2.05) is 18.2 Å². The lowest BCUT2D eigenvalue weighted by Gasteiger charge is -2.22. The van der Waals surface area contributed by atoms with E-state index < -0.39 is 0 Å². The van der Waals surface area contributed by atoms with E-state index >= 15 is 0 Å². The molecule has 3 nitrogen and oxygen atoms in total. The van der Waals surface area contributed by atoms with Gasteiger partial charge in [0, 0.05) is 26.1 Å². The first-order chi connectivity index (χ1) is 8.19. The lowest BCUT2D eigenvalue weighted by Crippen LogP contribution is -2.32. The summed E-state index contributed by atoms with van der Waals surface area (Å²) < 4.78 is 0. The number of benzene rings is 1. The Kier molecular flexibility index (Phi) is 5.43. The molecule has 0 aliphatic carbocycles. The summed E-state index contributed by atoms with van der Waals surface area (Å²) >= 11 is 0. The van der Waals surface area contributed by atoms with Crippen LogP contribution in [0.2, 0.25) is 0 Å². The Hall–Kier alpha value is -1.61. The first-order valence-corrected chi connectivity index (χ1v) is 5.82. The fourth-order valence-electron chi connectivity index (χ4n) is 1.69. The van der Waals surface area contributed by atoms with Crippen molar-refractivity contribution in [3.63, 3.8) is 0 Å². The van der Waals surface area contributed by atoms with Crippen LogP contribution in [0.3, 0.4) is 0 Å². The Bertz CT molecular complexity index is 388. The monoisotopic (exact) mass is 232 g/mol. The van der Waals surface area contributed by atoms with E-state index in [1.54, 1.807) is 11.0 Å². The Morgan fingerprint density at radius 1 is 1.47 bits per heavy atom. The quantitative estimate of drug-likeness (QED) is 0.761. The molecule has 0 aliphatic rings. The topological polar surface area (TPSA) is 46.3 Å². The highest BCUT2D eigenvalue weighted by Gasteiger charge is 2.12.